The molecule has 1 aliphatic heterocycles. The zero-order chi connectivity index (χ0) is 20.3. The zero-order valence-corrected chi connectivity index (χ0v) is 18.2. The first kappa shape index (κ1) is 21.1. The molecule has 0 bridgehead atoms. The van der Waals surface area contributed by atoms with Crippen molar-refractivity contribution in [3.63, 3.8) is 0 Å². The minimum atomic E-state index is -0.230. The van der Waals surface area contributed by atoms with E-state index in [9.17, 15) is 9.18 Å². The second-order valence-corrected chi connectivity index (χ2v) is 8.49. The molecular formula is C21H23BrClFN2O2. The van der Waals surface area contributed by atoms with Crippen molar-refractivity contribution in [3.8, 4) is 5.75 Å². The standard InChI is InChI=1S/C21H23BrClFN2O2/c1-14-11-26(21(27)13-28-20-8-5-17(22)9-19(20)23)15(2)10-25(14)12-16-3-6-18(24)7-4-16/h3-9,14-15H,10-13H2,1-2H3/t14-,15+/m1/s1. The summed E-state index contributed by atoms with van der Waals surface area (Å²) in [5, 5.41) is 0.465. The molecule has 2 aromatic rings. The van der Waals surface area contributed by atoms with E-state index in [-0.39, 0.29) is 30.4 Å². The number of benzene rings is 2. The minimum absolute atomic E-state index is 0.0453. The van der Waals surface area contributed by atoms with Crippen molar-refractivity contribution in [2.24, 2.45) is 0 Å². The molecule has 3 rings (SSSR count). The van der Waals surface area contributed by atoms with Crippen LogP contribution in [0.25, 0.3) is 0 Å². The molecule has 0 saturated carbocycles. The van der Waals surface area contributed by atoms with Gasteiger partial charge in [0.1, 0.15) is 11.6 Å². The molecule has 150 valence electrons. The summed E-state index contributed by atoms with van der Waals surface area (Å²) in [7, 11) is 0. The Morgan fingerprint density at radius 3 is 2.57 bits per heavy atom. The zero-order valence-electron chi connectivity index (χ0n) is 15.9. The summed E-state index contributed by atoms with van der Waals surface area (Å²) in [4.78, 5) is 16.9. The van der Waals surface area contributed by atoms with Gasteiger partial charge in [-0.2, -0.15) is 0 Å². The maximum Gasteiger partial charge on any atom is 0.260 e. The first-order valence-electron chi connectivity index (χ1n) is 9.19. The van der Waals surface area contributed by atoms with Gasteiger partial charge in [-0.05, 0) is 49.7 Å². The second kappa shape index (κ2) is 9.25. The van der Waals surface area contributed by atoms with Crippen LogP contribution in [-0.4, -0.2) is 47.5 Å². The van der Waals surface area contributed by atoms with E-state index in [0.29, 0.717) is 17.3 Å². The third kappa shape index (κ3) is 5.25. The van der Waals surface area contributed by atoms with E-state index in [1.54, 1.807) is 24.3 Å². The van der Waals surface area contributed by atoms with Crippen LogP contribution in [0.3, 0.4) is 0 Å². The molecule has 7 heteroatoms. The Morgan fingerprint density at radius 1 is 1.18 bits per heavy atom. The smallest absolute Gasteiger partial charge is 0.260 e. The summed E-state index contributed by atoms with van der Waals surface area (Å²) in [6.07, 6.45) is 0. The molecule has 0 radical (unpaired) electrons. The molecule has 1 amide bonds. The third-order valence-corrected chi connectivity index (χ3v) is 5.77. The highest BCUT2D eigenvalue weighted by atomic mass is 79.9. The minimum Gasteiger partial charge on any atom is -0.482 e. The van der Waals surface area contributed by atoms with Gasteiger partial charge in [0.15, 0.2) is 6.61 Å². The highest BCUT2D eigenvalue weighted by Gasteiger charge is 2.32. The fourth-order valence-electron chi connectivity index (χ4n) is 3.40. The lowest BCUT2D eigenvalue weighted by Gasteiger charge is -2.44. The van der Waals surface area contributed by atoms with Gasteiger partial charge in [-0.15, -0.1) is 0 Å². The number of rotatable bonds is 5. The molecule has 4 nitrogen and oxygen atoms in total. The summed E-state index contributed by atoms with van der Waals surface area (Å²) in [5.41, 5.74) is 1.06. The van der Waals surface area contributed by atoms with Gasteiger partial charge in [0.25, 0.3) is 5.91 Å². The van der Waals surface area contributed by atoms with Gasteiger partial charge in [0.05, 0.1) is 5.02 Å². The first-order chi connectivity index (χ1) is 13.3. The molecule has 1 heterocycles. The predicted molar refractivity (Wildman–Crippen MR) is 112 cm³/mol. The Labute approximate surface area is 178 Å². The average Bonchev–Trinajstić information content (AvgIpc) is 2.65. The monoisotopic (exact) mass is 468 g/mol. The lowest BCUT2D eigenvalue weighted by molar-refractivity contribution is -0.139. The number of halogens is 3. The Balaban J connectivity index is 1.57. The number of hydrogen-bond donors (Lipinski definition) is 0. The van der Waals surface area contributed by atoms with Crippen LogP contribution in [0.1, 0.15) is 19.4 Å². The fraction of sp³-hybridized carbons (Fsp3) is 0.381. The van der Waals surface area contributed by atoms with E-state index in [1.807, 2.05) is 17.9 Å². The van der Waals surface area contributed by atoms with Crippen molar-refractivity contribution in [2.75, 3.05) is 19.7 Å². The predicted octanol–water partition coefficient (Wildman–Crippen LogP) is 4.74. The molecule has 28 heavy (non-hydrogen) atoms. The topological polar surface area (TPSA) is 32.8 Å². The van der Waals surface area contributed by atoms with Crippen molar-refractivity contribution < 1.29 is 13.9 Å². The van der Waals surface area contributed by atoms with Crippen molar-refractivity contribution in [2.45, 2.75) is 32.5 Å². The van der Waals surface area contributed by atoms with Crippen molar-refractivity contribution in [1.29, 1.82) is 0 Å². The number of carbonyl (C=O) groups excluding carboxylic acids is 1. The molecule has 0 N–H and O–H groups in total. The summed E-state index contributed by atoms with van der Waals surface area (Å²) < 4.78 is 19.6. The van der Waals surface area contributed by atoms with Crippen LogP contribution in [0, 0.1) is 5.82 Å². The van der Waals surface area contributed by atoms with Gasteiger partial charge in [0.2, 0.25) is 0 Å². The van der Waals surface area contributed by atoms with E-state index < -0.39 is 0 Å². The summed E-state index contributed by atoms with van der Waals surface area (Å²) in [6.45, 7) is 6.20. The van der Waals surface area contributed by atoms with Crippen LogP contribution in [0.2, 0.25) is 5.02 Å². The van der Waals surface area contributed by atoms with Gasteiger partial charge in [-0.1, -0.05) is 39.7 Å². The van der Waals surface area contributed by atoms with Crippen LogP contribution < -0.4 is 4.74 Å². The number of ether oxygens (including phenoxy) is 1. The molecule has 0 aromatic heterocycles. The van der Waals surface area contributed by atoms with Gasteiger partial charge in [0, 0.05) is 36.2 Å². The Hall–Kier alpha value is -1.63. The van der Waals surface area contributed by atoms with E-state index in [2.05, 4.69) is 27.8 Å². The molecular weight excluding hydrogens is 447 g/mol. The molecule has 1 aliphatic rings. The quantitative estimate of drug-likeness (QED) is 0.634. The third-order valence-electron chi connectivity index (χ3n) is 4.98. The van der Waals surface area contributed by atoms with Gasteiger partial charge in [-0.25, -0.2) is 4.39 Å². The largest absolute Gasteiger partial charge is 0.482 e. The molecule has 2 atom stereocenters. The first-order valence-corrected chi connectivity index (χ1v) is 10.4. The summed E-state index contributed by atoms with van der Waals surface area (Å²) in [5.74, 6) is 0.208. The van der Waals surface area contributed by atoms with Crippen LogP contribution in [0.5, 0.6) is 5.75 Å². The number of hydrogen-bond acceptors (Lipinski definition) is 3. The molecule has 0 aliphatic carbocycles. The van der Waals surface area contributed by atoms with Crippen molar-refractivity contribution >= 4 is 33.4 Å². The van der Waals surface area contributed by atoms with Crippen LogP contribution in [0.15, 0.2) is 46.9 Å². The Morgan fingerprint density at radius 2 is 1.89 bits per heavy atom. The lowest BCUT2D eigenvalue weighted by atomic mass is 10.1. The number of amides is 1. The maximum atomic E-state index is 13.1. The summed E-state index contributed by atoms with van der Waals surface area (Å²) >= 11 is 9.49. The van der Waals surface area contributed by atoms with Gasteiger partial charge in [-0.3, -0.25) is 9.69 Å². The van der Waals surface area contributed by atoms with E-state index in [4.69, 9.17) is 16.3 Å². The molecule has 1 fully saturated rings. The SMILES string of the molecule is C[C@@H]1CN(C(=O)COc2ccc(Br)cc2Cl)[C@@H](C)CN1Cc1ccc(F)cc1. The number of piperazine rings is 1. The van der Waals surface area contributed by atoms with Crippen LogP contribution in [-0.2, 0) is 11.3 Å². The second-order valence-electron chi connectivity index (χ2n) is 7.16. The van der Waals surface area contributed by atoms with Crippen molar-refractivity contribution in [1.82, 2.24) is 9.80 Å². The Bertz CT molecular complexity index is 834. The highest BCUT2D eigenvalue weighted by molar-refractivity contribution is 9.10. The van der Waals surface area contributed by atoms with E-state index in [1.165, 1.54) is 12.1 Å². The highest BCUT2D eigenvalue weighted by Crippen LogP contribution is 2.28. The van der Waals surface area contributed by atoms with Gasteiger partial charge >= 0.3 is 0 Å². The fourth-order valence-corrected chi connectivity index (χ4v) is 4.13. The van der Waals surface area contributed by atoms with Crippen molar-refractivity contribution in [3.05, 3.63) is 63.3 Å². The molecule has 2 aromatic carbocycles. The average molecular weight is 470 g/mol. The maximum absolute atomic E-state index is 13.1. The molecule has 1 saturated heterocycles. The number of nitrogens with zero attached hydrogens (tertiary/aromatic N) is 2. The van der Waals surface area contributed by atoms with E-state index in [0.717, 1.165) is 23.1 Å². The summed E-state index contributed by atoms with van der Waals surface area (Å²) in [6, 6.07) is 12.1. The Kier molecular flexibility index (Phi) is 6.96. The van der Waals surface area contributed by atoms with E-state index >= 15 is 0 Å². The number of carbonyl (C=O) groups is 1. The molecule has 0 unspecified atom stereocenters. The normalized spacial score (nSPS) is 20.2. The van der Waals surface area contributed by atoms with Crippen LogP contribution >= 0.6 is 27.5 Å². The molecule has 0 spiro atoms. The van der Waals surface area contributed by atoms with Gasteiger partial charge < -0.3 is 9.64 Å². The lowest BCUT2D eigenvalue weighted by Crippen LogP contribution is -2.58. The van der Waals surface area contributed by atoms with Crippen LogP contribution in [0.4, 0.5) is 4.39 Å².